The Labute approximate surface area is 176 Å². The topological polar surface area (TPSA) is 91.6 Å². The fourth-order valence-electron chi connectivity index (χ4n) is 4.27. The lowest BCUT2D eigenvalue weighted by molar-refractivity contribution is -0.384. The van der Waals surface area contributed by atoms with Crippen LogP contribution in [0.4, 0.5) is 17.2 Å². The van der Waals surface area contributed by atoms with Gasteiger partial charge >= 0.3 is 0 Å². The van der Waals surface area contributed by atoms with E-state index < -0.39 is 4.92 Å². The molecule has 8 nitrogen and oxygen atoms in total. The predicted molar refractivity (Wildman–Crippen MR) is 116 cm³/mol. The van der Waals surface area contributed by atoms with Crippen molar-refractivity contribution >= 4 is 23.1 Å². The molecule has 2 fully saturated rings. The molecule has 0 radical (unpaired) electrons. The van der Waals surface area contributed by atoms with E-state index in [1.807, 2.05) is 17.0 Å². The fraction of sp³-hybridized carbons (Fsp3) is 0.455. The van der Waals surface area contributed by atoms with Crippen molar-refractivity contribution in [3.8, 4) is 0 Å². The van der Waals surface area contributed by atoms with Gasteiger partial charge in [0.25, 0.3) is 11.6 Å². The first-order valence-electron chi connectivity index (χ1n) is 10.6. The van der Waals surface area contributed by atoms with E-state index >= 15 is 0 Å². The molecule has 1 aromatic carbocycles. The Bertz CT molecular complexity index is 921. The molecular weight excluding hydrogens is 382 g/mol. The summed E-state index contributed by atoms with van der Waals surface area (Å²) >= 11 is 0. The summed E-state index contributed by atoms with van der Waals surface area (Å²) in [5.41, 5.74) is 1.83. The Morgan fingerprint density at radius 3 is 2.47 bits per heavy atom. The molecule has 8 heteroatoms. The van der Waals surface area contributed by atoms with Gasteiger partial charge < -0.3 is 15.1 Å². The van der Waals surface area contributed by atoms with Crippen LogP contribution in [0.2, 0.25) is 0 Å². The summed E-state index contributed by atoms with van der Waals surface area (Å²) in [5, 5.41) is 14.5. The fourth-order valence-corrected chi connectivity index (χ4v) is 4.27. The Kier molecular flexibility index (Phi) is 6.11. The van der Waals surface area contributed by atoms with Crippen LogP contribution in [-0.4, -0.2) is 42.0 Å². The lowest BCUT2D eigenvalue weighted by atomic mass is 10.1. The van der Waals surface area contributed by atoms with Crippen LogP contribution in [-0.2, 0) is 6.54 Å². The van der Waals surface area contributed by atoms with E-state index in [4.69, 9.17) is 0 Å². The molecule has 0 atom stereocenters. The summed E-state index contributed by atoms with van der Waals surface area (Å²) in [6.07, 6.45) is 7.37. The van der Waals surface area contributed by atoms with Gasteiger partial charge in [-0.3, -0.25) is 14.9 Å². The molecule has 0 saturated carbocycles. The Morgan fingerprint density at radius 1 is 1.03 bits per heavy atom. The number of nitrogens with one attached hydrogen (secondary N) is 1. The van der Waals surface area contributed by atoms with Gasteiger partial charge in [-0.1, -0.05) is 6.07 Å². The van der Waals surface area contributed by atoms with Gasteiger partial charge in [0.15, 0.2) is 0 Å². The summed E-state index contributed by atoms with van der Waals surface area (Å²) in [5.74, 6) is 0.590. The van der Waals surface area contributed by atoms with E-state index in [0.29, 0.717) is 17.8 Å². The number of hydrogen-bond acceptors (Lipinski definition) is 6. The van der Waals surface area contributed by atoms with Gasteiger partial charge in [0.05, 0.1) is 4.92 Å². The van der Waals surface area contributed by atoms with Gasteiger partial charge in [-0.15, -0.1) is 0 Å². The first-order valence-corrected chi connectivity index (χ1v) is 10.6. The lowest BCUT2D eigenvalue weighted by Gasteiger charge is -2.29. The SMILES string of the molecule is O=C(NCc1cccnc1N1CCCCC1)c1ccc(N2CCCC2)c([N+](=O)[O-])c1. The van der Waals surface area contributed by atoms with Crippen LogP contribution in [0.5, 0.6) is 0 Å². The molecular formula is C22H27N5O3. The van der Waals surface area contributed by atoms with Crippen LogP contribution < -0.4 is 15.1 Å². The summed E-state index contributed by atoms with van der Waals surface area (Å²) in [7, 11) is 0. The number of piperidine rings is 1. The number of nitro benzene ring substituents is 1. The highest BCUT2D eigenvalue weighted by atomic mass is 16.6. The van der Waals surface area contributed by atoms with Gasteiger partial charge in [0.2, 0.25) is 0 Å². The number of anilines is 2. The molecule has 0 bridgehead atoms. The summed E-state index contributed by atoms with van der Waals surface area (Å²) in [4.78, 5) is 32.7. The van der Waals surface area contributed by atoms with Crippen molar-refractivity contribution in [1.82, 2.24) is 10.3 Å². The summed E-state index contributed by atoms with van der Waals surface area (Å²) in [6, 6.07) is 8.59. The molecule has 3 heterocycles. The van der Waals surface area contributed by atoms with Crippen molar-refractivity contribution in [3.05, 3.63) is 57.8 Å². The minimum absolute atomic E-state index is 0.0140. The molecule has 2 saturated heterocycles. The van der Waals surface area contributed by atoms with Crippen molar-refractivity contribution < 1.29 is 9.72 Å². The number of carbonyl (C=O) groups is 1. The molecule has 30 heavy (non-hydrogen) atoms. The summed E-state index contributed by atoms with van der Waals surface area (Å²) < 4.78 is 0. The van der Waals surface area contributed by atoms with Crippen LogP contribution in [0.25, 0.3) is 0 Å². The third-order valence-corrected chi connectivity index (χ3v) is 5.84. The van der Waals surface area contributed by atoms with E-state index in [9.17, 15) is 14.9 Å². The highest BCUT2D eigenvalue weighted by Crippen LogP contribution is 2.31. The number of nitro groups is 1. The third-order valence-electron chi connectivity index (χ3n) is 5.84. The van der Waals surface area contributed by atoms with Crippen LogP contribution in [0, 0.1) is 10.1 Å². The van der Waals surface area contributed by atoms with E-state index in [1.54, 1.807) is 18.3 Å². The van der Waals surface area contributed by atoms with E-state index in [-0.39, 0.29) is 11.6 Å². The second kappa shape index (κ2) is 9.11. The molecule has 1 N–H and O–H groups in total. The number of carbonyl (C=O) groups excluding carboxylic acids is 1. The zero-order valence-electron chi connectivity index (χ0n) is 17.0. The number of nitrogens with zero attached hydrogens (tertiary/aromatic N) is 4. The third kappa shape index (κ3) is 4.37. The number of hydrogen-bond donors (Lipinski definition) is 1. The zero-order chi connectivity index (χ0) is 20.9. The second-order valence-corrected chi connectivity index (χ2v) is 7.87. The molecule has 0 unspecified atom stereocenters. The van der Waals surface area contributed by atoms with Crippen LogP contribution in [0.1, 0.15) is 48.0 Å². The van der Waals surface area contributed by atoms with Crippen LogP contribution in [0.15, 0.2) is 36.5 Å². The van der Waals surface area contributed by atoms with E-state index in [1.165, 1.54) is 12.5 Å². The van der Waals surface area contributed by atoms with Gasteiger partial charge in [0, 0.05) is 56.1 Å². The number of benzene rings is 1. The lowest BCUT2D eigenvalue weighted by Crippen LogP contribution is -2.32. The summed E-state index contributed by atoms with van der Waals surface area (Å²) in [6.45, 7) is 3.91. The van der Waals surface area contributed by atoms with Gasteiger partial charge in [-0.05, 0) is 50.3 Å². The average molecular weight is 409 g/mol. The Balaban J connectivity index is 1.48. The number of aromatic nitrogens is 1. The number of rotatable bonds is 6. The highest BCUT2D eigenvalue weighted by molar-refractivity contribution is 5.95. The highest BCUT2D eigenvalue weighted by Gasteiger charge is 2.24. The smallest absolute Gasteiger partial charge is 0.293 e. The van der Waals surface area contributed by atoms with Crippen molar-refractivity contribution in [2.75, 3.05) is 36.0 Å². The largest absolute Gasteiger partial charge is 0.366 e. The standard InChI is InChI=1S/C22H27N5O3/c28-22(17-8-9-19(20(15-17)27(29)30)25-11-4-5-12-25)24-16-18-7-6-10-23-21(18)26-13-2-1-3-14-26/h6-10,15H,1-5,11-14,16H2,(H,24,28). The average Bonchev–Trinajstić information content (AvgIpc) is 3.32. The van der Waals surface area contributed by atoms with Crippen molar-refractivity contribution in [2.45, 2.75) is 38.6 Å². The van der Waals surface area contributed by atoms with Crippen molar-refractivity contribution in [2.24, 2.45) is 0 Å². The van der Waals surface area contributed by atoms with Gasteiger partial charge in [0.1, 0.15) is 11.5 Å². The minimum Gasteiger partial charge on any atom is -0.366 e. The molecule has 1 amide bonds. The normalized spacial score (nSPS) is 16.5. The Morgan fingerprint density at radius 2 is 1.73 bits per heavy atom. The van der Waals surface area contributed by atoms with Crippen molar-refractivity contribution in [3.63, 3.8) is 0 Å². The first kappa shape index (κ1) is 20.1. The molecule has 0 spiro atoms. The molecule has 0 aliphatic carbocycles. The molecule has 2 aromatic rings. The van der Waals surface area contributed by atoms with Crippen LogP contribution >= 0.6 is 0 Å². The number of pyridine rings is 1. The second-order valence-electron chi connectivity index (χ2n) is 7.87. The van der Waals surface area contributed by atoms with Crippen LogP contribution in [0.3, 0.4) is 0 Å². The van der Waals surface area contributed by atoms with E-state index in [2.05, 4.69) is 15.2 Å². The first-order chi connectivity index (χ1) is 14.6. The molecule has 4 rings (SSSR count). The molecule has 2 aliphatic rings. The Hall–Kier alpha value is -3.16. The minimum atomic E-state index is -0.403. The molecule has 2 aliphatic heterocycles. The maximum Gasteiger partial charge on any atom is 0.293 e. The molecule has 158 valence electrons. The zero-order valence-corrected chi connectivity index (χ0v) is 17.0. The maximum atomic E-state index is 12.7. The predicted octanol–water partition coefficient (Wildman–Crippen LogP) is 3.51. The number of amides is 1. The van der Waals surface area contributed by atoms with Gasteiger partial charge in [-0.25, -0.2) is 4.98 Å². The van der Waals surface area contributed by atoms with Gasteiger partial charge in [-0.2, -0.15) is 0 Å². The van der Waals surface area contributed by atoms with E-state index in [0.717, 1.165) is 63.2 Å². The van der Waals surface area contributed by atoms with Crippen molar-refractivity contribution in [1.29, 1.82) is 0 Å². The monoisotopic (exact) mass is 409 g/mol. The molecule has 1 aromatic heterocycles. The maximum absolute atomic E-state index is 12.7. The quantitative estimate of drug-likeness (QED) is 0.580.